The zero-order valence-electron chi connectivity index (χ0n) is 20.7. The monoisotopic (exact) mass is 506 g/mol. The highest BCUT2D eigenvalue weighted by Gasteiger charge is 2.17. The number of imidazole rings is 1. The molecule has 1 aromatic carbocycles. The normalized spacial score (nSPS) is 11.5. The maximum absolute atomic E-state index is 13.9. The molecular formula is C28H23FN8O. The number of carbonyl (C=O) groups is 1. The summed E-state index contributed by atoms with van der Waals surface area (Å²) in [5.41, 5.74) is 6.16. The maximum atomic E-state index is 13.9. The van der Waals surface area contributed by atoms with Crippen molar-refractivity contribution in [3.63, 3.8) is 0 Å². The first kappa shape index (κ1) is 23.4. The van der Waals surface area contributed by atoms with Crippen LogP contribution in [0.3, 0.4) is 0 Å². The molecule has 3 N–H and O–H groups in total. The quantitative estimate of drug-likeness (QED) is 0.264. The van der Waals surface area contributed by atoms with Crippen molar-refractivity contribution in [3.8, 4) is 33.9 Å². The summed E-state index contributed by atoms with van der Waals surface area (Å²) in [6, 6.07) is 10.1. The number of nitrogens with one attached hydrogen (secondary N) is 3. The molecule has 38 heavy (non-hydrogen) atoms. The highest BCUT2D eigenvalue weighted by molar-refractivity contribution is 5.97. The van der Waals surface area contributed by atoms with Gasteiger partial charge in [-0.2, -0.15) is 5.10 Å². The lowest BCUT2D eigenvalue weighted by Gasteiger charge is -2.08. The lowest BCUT2D eigenvalue weighted by atomic mass is 10.1. The van der Waals surface area contributed by atoms with Gasteiger partial charge in [-0.3, -0.25) is 24.8 Å². The number of H-pyrrole nitrogens is 2. The molecule has 5 aromatic heterocycles. The van der Waals surface area contributed by atoms with Crippen molar-refractivity contribution in [1.29, 1.82) is 0 Å². The topological polar surface area (TPSA) is 125 Å². The zero-order valence-corrected chi connectivity index (χ0v) is 20.7. The number of anilines is 1. The highest BCUT2D eigenvalue weighted by Crippen LogP contribution is 2.32. The van der Waals surface area contributed by atoms with Gasteiger partial charge in [0.25, 0.3) is 0 Å². The van der Waals surface area contributed by atoms with E-state index in [4.69, 9.17) is 4.98 Å². The van der Waals surface area contributed by atoms with E-state index in [2.05, 4.69) is 35.5 Å². The Morgan fingerprint density at radius 3 is 2.71 bits per heavy atom. The Kier molecular flexibility index (Phi) is 5.83. The Morgan fingerprint density at radius 1 is 1.00 bits per heavy atom. The van der Waals surface area contributed by atoms with Crippen molar-refractivity contribution >= 4 is 33.5 Å². The van der Waals surface area contributed by atoms with E-state index >= 15 is 0 Å². The van der Waals surface area contributed by atoms with E-state index in [0.717, 1.165) is 16.5 Å². The van der Waals surface area contributed by atoms with E-state index in [1.807, 2.05) is 32.0 Å². The van der Waals surface area contributed by atoms with Crippen LogP contribution in [0.1, 0.15) is 20.3 Å². The SMILES string of the molecule is CC(C)CC(=O)Nc1cncc(-c2cc3c(-c4nc5c(-c6cccc(F)c6)cncc5[nH]4)n[nH]c3cn2)c1. The molecule has 0 aliphatic carbocycles. The van der Waals surface area contributed by atoms with Gasteiger partial charge in [0.15, 0.2) is 5.82 Å². The van der Waals surface area contributed by atoms with E-state index in [9.17, 15) is 9.18 Å². The summed E-state index contributed by atoms with van der Waals surface area (Å²) < 4.78 is 13.9. The fraction of sp³-hybridized carbons (Fsp3) is 0.143. The van der Waals surface area contributed by atoms with E-state index < -0.39 is 0 Å². The second kappa shape index (κ2) is 9.47. The minimum atomic E-state index is -0.327. The number of rotatable bonds is 6. The number of carbonyl (C=O) groups excluding carboxylic acids is 1. The van der Waals surface area contributed by atoms with Crippen LogP contribution in [0.5, 0.6) is 0 Å². The van der Waals surface area contributed by atoms with Crippen molar-refractivity contribution in [2.75, 3.05) is 5.32 Å². The predicted octanol–water partition coefficient (Wildman–Crippen LogP) is 5.75. The molecule has 0 aliphatic heterocycles. The largest absolute Gasteiger partial charge is 0.335 e. The minimum absolute atomic E-state index is 0.0588. The number of aromatic amines is 2. The molecule has 0 saturated carbocycles. The number of hydrogen-bond acceptors (Lipinski definition) is 6. The van der Waals surface area contributed by atoms with Crippen molar-refractivity contribution in [2.24, 2.45) is 5.92 Å². The molecule has 5 heterocycles. The molecule has 188 valence electrons. The predicted molar refractivity (Wildman–Crippen MR) is 143 cm³/mol. The average Bonchev–Trinajstić information content (AvgIpc) is 3.52. The van der Waals surface area contributed by atoms with Crippen LogP contribution in [0.25, 0.3) is 55.8 Å². The molecular weight excluding hydrogens is 483 g/mol. The van der Waals surface area contributed by atoms with Crippen molar-refractivity contribution in [2.45, 2.75) is 20.3 Å². The molecule has 0 saturated heterocycles. The summed E-state index contributed by atoms with van der Waals surface area (Å²) in [7, 11) is 0. The van der Waals surface area contributed by atoms with Crippen LogP contribution in [0.4, 0.5) is 10.1 Å². The van der Waals surface area contributed by atoms with Crippen molar-refractivity contribution in [1.82, 2.24) is 35.1 Å². The summed E-state index contributed by atoms with van der Waals surface area (Å²) in [6.07, 6.45) is 8.80. The first-order valence-electron chi connectivity index (χ1n) is 12.1. The molecule has 6 aromatic rings. The number of halogens is 1. The van der Waals surface area contributed by atoms with E-state index in [1.54, 1.807) is 37.1 Å². The number of fused-ring (bicyclic) bond motifs is 2. The summed E-state index contributed by atoms with van der Waals surface area (Å²) >= 11 is 0. The molecule has 9 nitrogen and oxygen atoms in total. The third-order valence-corrected chi connectivity index (χ3v) is 6.11. The number of aromatic nitrogens is 7. The molecule has 0 unspecified atom stereocenters. The average molecular weight is 507 g/mol. The second-order valence-electron chi connectivity index (χ2n) is 9.47. The first-order valence-corrected chi connectivity index (χ1v) is 12.1. The van der Waals surface area contributed by atoms with Gasteiger partial charge in [-0.05, 0) is 35.7 Å². The summed E-state index contributed by atoms with van der Waals surface area (Å²) in [4.78, 5) is 33.5. The molecule has 0 fully saturated rings. The van der Waals surface area contributed by atoms with Gasteiger partial charge in [-0.1, -0.05) is 26.0 Å². The Bertz CT molecular complexity index is 1810. The van der Waals surface area contributed by atoms with E-state index in [0.29, 0.717) is 51.5 Å². The van der Waals surface area contributed by atoms with Gasteiger partial charge in [0.1, 0.15) is 11.5 Å². The fourth-order valence-corrected chi connectivity index (χ4v) is 4.40. The molecule has 0 bridgehead atoms. The van der Waals surface area contributed by atoms with Crippen molar-refractivity contribution in [3.05, 3.63) is 73.2 Å². The number of hydrogen-bond donors (Lipinski definition) is 3. The number of nitrogens with zero attached hydrogens (tertiary/aromatic N) is 5. The summed E-state index contributed by atoms with van der Waals surface area (Å²) in [5, 5.41) is 11.2. The lowest BCUT2D eigenvalue weighted by molar-refractivity contribution is -0.116. The van der Waals surface area contributed by atoms with Crippen LogP contribution in [-0.4, -0.2) is 41.0 Å². The van der Waals surface area contributed by atoms with Gasteiger partial charge in [-0.15, -0.1) is 0 Å². The molecule has 1 amide bonds. The van der Waals surface area contributed by atoms with Gasteiger partial charge in [0.05, 0.1) is 46.5 Å². The Labute approximate surface area is 216 Å². The Balaban J connectivity index is 1.38. The van der Waals surface area contributed by atoms with Crippen LogP contribution in [0.2, 0.25) is 0 Å². The number of benzene rings is 1. The molecule has 6 rings (SSSR count). The molecule has 0 atom stereocenters. The number of amides is 1. The lowest BCUT2D eigenvalue weighted by Crippen LogP contribution is -2.13. The molecule has 0 aliphatic rings. The second-order valence-corrected chi connectivity index (χ2v) is 9.47. The van der Waals surface area contributed by atoms with Crippen LogP contribution in [0, 0.1) is 11.7 Å². The zero-order chi connectivity index (χ0) is 26.2. The fourth-order valence-electron chi connectivity index (χ4n) is 4.40. The molecule has 0 spiro atoms. The van der Waals surface area contributed by atoms with Crippen LogP contribution in [-0.2, 0) is 4.79 Å². The molecule has 0 radical (unpaired) electrons. The van der Waals surface area contributed by atoms with Crippen LogP contribution in [0.15, 0.2) is 67.4 Å². The van der Waals surface area contributed by atoms with Gasteiger partial charge >= 0.3 is 0 Å². The third kappa shape index (κ3) is 4.47. The van der Waals surface area contributed by atoms with Gasteiger partial charge in [-0.25, -0.2) is 9.37 Å². The number of pyridine rings is 3. The van der Waals surface area contributed by atoms with E-state index in [-0.39, 0.29) is 17.6 Å². The highest BCUT2D eigenvalue weighted by atomic mass is 19.1. The molecule has 10 heteroatoms. The van der Waals surface area contributed by atoms with Gasteiger partial charge < -0.3 is 10.3 Å². The maximum Gasteiger partial charge on any atom is 0.224 e. The van der Waals surface area contributed by atoms with Crippen LogP contribution >= 0.6 is 0 Å². The minimum Gasteiger partial charge on any atom is -0.335 e. The smallest absolute Gasteiger partial charge is 0.224 e. The Hall–Kier alpha value is -4.99. The summed E-state index contributed by atoms with van der Waals surface area (Å²) in [6.45, 7) is 3.99. The van der Waals surface area contributed by atoms with Gasteiger partial charge in [0, 0.05) is 35.3 Å². The van der Waals surface area contributed by atoms with E-state index in [1.165, 1.54) is 12.1 Å². The summed E-state index contributed by atoms with van der Waals surface area (Å²) in [5.74, 6) is 0.415. The third-order valence-electron chi connectivity index (χ3n) is 6.11. The first-order chi connectivity index (χ1) is 18.4. The Morgan fingerprint density at radius 2 is 1.87 bits per heavy atom. The van der Waals surface area contributed by atoms with Crippen molar-refractivity contribution < 1.29 is 9.18 Å². The van der Waals surface area contributed by atoms with Crippen LogP contribution < -0.4 is 5.32 Å². The standard InChI is InChI=1S/C28H23FN8O/c1-15(2)6-25(38)33-19-8-17(10-30-11-19)22-9-20-23(14-32-22)36-37-27(20)28-34-24-13-31-12-21(26(24)35-28)16-4-3-5-18(29)7-16/h3-5,7-15H,6H2,1-2H3,(H,33,38)(H,34,35)(H,36,37). The van der Waals surface area contributed by atoms with Gasteiger partial charge in [0.2, 0.25) is 5.91 Å².